The van der Waals surface area contributed by atoms with Crippen molar-refractivity contribution in [2.75, 3.05) is 11.9 Å². The van der Waals surface area contributed by atoms with E-state index in [4.69, 9.17) is 0 Å². The maximum Gasteiger partial charge on any atom is 0.313 e. The van der Waals surface area contributed by atoms with E-state index in [0.717, 1.165) is 37.2 Å². The van der Waals surface area contributed by atoms with Gasteiger partial charge in [0.15, 0.2) is 5.82 Å². The number of hydrogen-bond donors (Lipinski definition) is 3. The van der Waals surface area contributed by atoms with Crippen LogP contribution in [0.4, 0.5) is 5.69 Å². The number of nitrogens with zero attached hydrogens (tertiary/aromatic N) is 3. The lowest BCUT2D eigenvalue weighted by Crippen LogP contribution is -2.35. The van der Waals surface area contributed by atoms with Crippen molar-refractivity contribution < 1.29 is 9.59 Å². The number of anilines is 1. The Morgan fingerprint density at radius 1 is 1.07 bits per heavy atom. The zero-order valence-corrected chi connectivity index (χ0v) is 15.9. The first-order chi connectivity index (χ1) is 14.2. The van der Waals surface area contributed by atoms with Crippen LogP contribution in [0.3, 0.4) is 0 Å². The molecule has 2 heterocycles. The molecule has 0 saturated carbocycles. The SMILES string of the molecule is O=C(NCc1nncn1-c1ccccc1)C(=O)Nc1ccc2c(c1)CNCCC2. The van der Waals surface area contributed by atoms with Gasteiger partial charge < -0.3 is 16.0 Å². The van der Waals surface area contributed by atoms with Gasteiger partial charge in [0.25, 0.3) is 0 Å². The molecule has 0 spiro atoms. The number of fused-ring (bicyclic) bond motifs is 1. The lowest BCUT2D eigenvalue weighted by atomic mass is 10.0. The monoisotopic (exact) mass is 390 g/mol. The lowest BCUT2D eigenvalue weighted by molar-refractivity contribution is -0.136. The highest BCUT2D eigenvalue weighted by molar-refractivity contribution is 6.39. The Hall–Kier alpha value is -3.52. The van der Waals surface area contributed by atoms with Crippen LogP contribution in [0.25, 0.3) is 5.69 Å². The quantitative estimate of drug-likeness (QED) is 0.587. The summed E-state index contributed by atoms with van der Waals surface area (Å²) in [5.41, 5.74) is 3.92. The van der Waals surface area contributed by atoms with E-state index < -0.39 is 11.8 Å². The van der Waals surface area contributed by atoms with Crippen molar-refractivity contribution >= 4 is 17.5 Å². The third kappa shape index (κ3) is 4.49. The highest BCUT2D eigenvalue weighted by atomic mass is 16.2. The second-order valence-corrected chi connectivity index (χ2v) is 6.85. The van der Waals surface area contributed by atoms with E-state index in [2.05, 4.69) is 26.1 Å². The van der Waals surface area contributed by atoms with Gasteiger partial charge in [-0.25, -0.2) is 0 Å². The molecule has 3 aromatic rings. The summed E-state index contributed by atoms with van der Waals surface area (Å²) in [5.74, 6) is -0.897. The van der Waals surface area contributed by atoms with Crippen LogP contribution in [0.2, 0.25) is 0 Å². The predicted molar refractivity (Wildman–Crippen MR) is 108 cm³/mol. The average molecular weight is 390 g/mol. The van der Waals surface area contributed by atoms with Crippen molar-refractivity contribution in [3.63, 3.8) is 0 Å². The minimum atomic E-state index is -0.722. The molecule has 148 valence electrons. The molecule has 0 aliphatic carbocycles. The predicted octanol–water partition coefficient (Wildman–Crippen LogP) is 1.56. The minimum Gasteiger partial charge on any atom is -0.341 e. The summed E-state index contributed by atoms with van der Waals surface area (Å²) in [6.07, 6.45) is 3.68. The van der Waals surface area contributed by atoms with Gasteiger partial charge in [-0.05, 0) is 54.8 Å². The van der Waals surface area contributed by atoms with Crippen molar-refractivity contribution in [3.05, 3.63) is 71.8 Å². The minimum absolute atomic E-state index is 0.0925. The molecule has 8 heteroatoms. The maximum absolute atomic E-state index is 12.3. The van der Waals surface area contributed by atoms with Crippen LogP contribution in [0, 0.1) is 0 Å². The number of nitrogens with one attached hydrogen (secondary N) is 3. The highest BCUT2D eigenvalue weighted by Gasteiger charge is 2.16. The third-order valence-corrected chi connectivity index (χ3v) is 4.85. The van der Waals surface area contributed by atoms with E-state index in [-0.39, 0.29) is 6.54 Å². The number of aromatic nitrogens is 3. The number of rotatable bonds is 4. The van der Waals surface area contributed by atoms with E-state index >= 15 is 0 Å². The van der Waals surface area contributed by atoms with E-state index in [1.165, 1.54) is 5.56 Å². The Morgan fingerprint density at radius 3 is 2.79 bits per heavy atom. The first-order valence-corrected chi connectivity index (χ1v) is 9.57. The van der Waals surface area contributed by atoms with Gasteiger partial charge in [0.1, 0.15) is 6.33 Å². The summed E-state index contributed by atoms with van der Waals surface area (Å²) in [6, 6.07) is 15.3. The number of benzene rings is 2. The number of amides is 2. The molecule has 0 atom stereocenters. The second-order valence-electron chi connectivity index (χ2n) is 6.85. The second kappa shape index (κ2) is 8.66. The van der Waals surface area contributed by atoms with Crippen LogP contribution >= 0.6 is 0 Å². The molecule has 8 nitrogen and oxygen atoms in total. The van der Waals surface area contributed by atoms with Crippen LogP contribution in [0.15, 0.2) is 54.9 Å². The Morgan fingerprint density at radius 2 is 1.93 bits per heavy atom. The van der Waals surface area contributed by atoms with Gasteiger partial charge in [-0.3, -0.25) is 14.2 Å². The number of hydrogen-bond acceptors (Lipinski definition) is 5. The summed E-state index contributed by atoms with van der Waals surface area (Å²) >= 11 is 0. The summed E-state index contributed by atoms with van der Waals surface area (Å²) in [4.78, 5) is 24.5. The van der Waals surface area contributed by atoms with Gasteiger partial charge >= 0.3 is 11.8 Å². The summed E-state index contributed by atoms with van der Waals surface area (Å²) < 4.78 is 1.76. The van der Waals surface area contributed by atoms with E-state index in [1.807, 2.05) is 48.5 Å². The van der Waals surface area contributed by atoms with Crippen molar-refractivity contribution in [2.45, 2.75) is 25.9 Å². The third-order valence-electron chi connectivity index (χ3n) is 4.85. The van der Waals surface area contributed by atoms with Crippen molar-refractivity contribution in [3.8, 4) is 5.69 Å². The molecule has 2 amide bonds. The van der Waals surface area contributed by atoms with Gasteiger partial charge in [0.2, 0.25) is 0 Å². The molecule has 4 rings (SSSR count). The molecule has 29 heavy (non-hydrogen) atoms. The average Bonchev–Trinajstić information content (AvgIpc) is 3.10. The van der Waals surface area contributed by atoms with Crippen molar-refractivity contribution in [1.82, 2.24) is 25.4 Å². The van der Waals surface area contributed by atoms with Crippen LogP contribution in [0.5, 0.6) is 0 Å². The summed E-state index contributed by atoms with van der Waals surface area (Å²) in [6.45, 7) is 1.84. The molecule has 0 fully saturated rings. The fourth-order valence-electron chi connectivity index (χ4n) is 3.35. The molecule has 2 aromatic carbocycles. The molecule has 1 aromatic heterocycles. The maximum atomic E-state index is 12.3. The lowest BCUT2D eigenvalue weighted by Gasteiger charge is -2.11. The standard InChI is InChI=1S/C21H22N6O2/c28-20(23-13-19-26-24-14-27(19)18-6-2-1-3-7-18)21(29)25-17-9-8-15-5-4-10-22-12-16(15)11-17/h1-3,6-9,11,14,22H,4-5,10,12-13H2,(H,23,28)(H,25,29). The van der Waals surface area contributed by atoms with Gasteiger partial charge in [-0.2, -0.15) is 0 Å². The summed E-state index contributed by atoms with van der Waals surface area (Å²) in [5, 5.41) is 16.5. The molecule has 0 unspecified atom stereocenters. The molecule has 0 bridgehead atoms. The molecule has 0 saturated heterocycles. The zero-order chi connectivity index (χ0) is 20.1. The van der Waals surface area contributed by atoms with Crippen molar-refractivity contribution in [1.29, 1.82) is 0 Å². The number of aryl methyl sites for hydroxylation is 1. The van der Waals surface area contributed by atoms with E-state index in [0.29, 0.717) is 11.5 Å². The van der Waals surface area contributed by atoms with Crippen LogP contribution in [0.1, 0.15) is 23.4 Å². The molecule has 3 N–H and O–H groups in total. The number of para-hydroxylation sites is 1. The molecular weight excluding hydrogens is 368 g/mol. The molecule has 0 radical (unpaired) electrons. The summed E-state index contributed by atoms with van der Waals surface area (Å²) in [7, 11) is 0. The molecule has 1 aliphatic rings. The normalized spacial score (nSPS) is 13.2. The fraction of sp³-hybridized carbons (Fsp3) is 0.238. The molecule has 1 aliphatic heterocycles. The largest absolute Gasteiger partial charge is 0.341 e. The Kier molecular flexibility index (Phi) is 5.62. The van der Waals surface area contributed by atoms with E-state index in [9.17, 15) is 9.59 Å². The topological polar surface area (TPSA) is 101 Å². The van der Waals surface area contributed by atoms with Crippen molar-refractivity contribution in [2.24, 2.45) is 0 Å². The fourth-order valence-corrected chi connectivity index (χ4v) is 3.35. The zero-order valence-electron chi connectivity index (χ0n) is 15.9. The van der Waals surface area contributed by atoms with Gasteiger partial charge in [0, 0.05) is 17.9 Å². The Balaban J connectivity index is 1.37. The Bertz CT molecular complexity index is 1020. The first kappa shape index (κ1) is 18.8. The van der Waals surface area contributed by atoms with Crippen LogP contribution < -0.4 is 16.0 Å². The van der Waals surface area contributed by atoms with Gasteiger partial charge in [-0.15, -0.1) is 10.2 Å². The molecular formula is C21H22N6O2. The Labute approximate surface area is 168 Å². The van der Waals surface area contributed by atoms with Crippen LogP contribution in [-0.2, 0) is 29.1 Å². The van der Waals surface area contributed by atoms with Crippen LogP contribution in [-0.4, -0.2) is 33.1 Å². The highest BCUT2D eigenvalue weighted by Crippen LogP contribution is 2.19. The van der Waals surface area contributed by atoms with Gasteiger partial charge in [-0.1, -0.05) is 24.3 Å². The number of carbonyl (C=O) groups is 2. The van der Waals surface area contributed by atoms with Gasteiger partial charge in [0.05, 0.1) is 6.54 Å². The first-order valence-electron chi connectivity index (χ1n) is 9.57. The number of carbonyl (C=O) groups excluding carboxylic acids is 2. The van der Waals surface area contributed by atoms with E-state index in [1.54, 1.807) is 10.9 Å². The smallest absolute Gasteiger partial charge is 0.313 e.